The lowest BCUT2D eigenvalue weighted by atomic mass is 9.88. The molecule has 1 saturated heterocycles. The summed E-state index contributed by atoms with van der Waals surface area (Å²) in [6, 6.07) is 14.4. The maximum atomic E-state index is 13.1. The van der Waals surface area contributed by atoms with Gasteiger partial charge in [-0.25, -0.2) is 0 Å². The number of nitrogens with two attached hydrogens (primary N) is 1. The average Bonchev–Trinajstić information content (AvgIpc) is 3.17. The highest BCUT2D eigenvalue weighted by atomic mass is 28.4. The summed E-state index contributed by atoms with van der Waals surface area (Å²) in [6.07, 6.45) is 1.96. The van der Waals surface area contributed by atoms with Crippen LogP contribution in [0.25, 0.3) is 0 Å². The SMILES string of the molecule is C[Si](C)(O)C1CNc2ccc(C(=O)N3CCC(c4cccc(CN)c4)CC3)cc21. The zero-order chi connectivity index (χ0) is 20.6. The summed E-state index contributed by atoms with van der Waals surface area (Å²) in [5.41, 5.74) is 11.3. The summed E-state index contributed by atoms with van der Waals surface area (Å²) in [4.78, 5) is 25.7. The molecular weight excluding hydrogens is 378 g/mol. The van der Waals surface area contributed by atoms with Crippen molar-refractivity contribution in [3.8, 4) is 0 Å². The highest BCUT2D eigenvalue weighted by Gasteiger charge is 2.37. The third kappa shape index (κ3) is 4.10. The molecule has 6 heteroatoms. The molecule has 0 spiro atoms. The van der Waals surface area contributed by atoms with Gasteiger partial charge in [0.05, 0.1) is 0 Å². The lowest BCUT2D eigenvalue weighted by Gasteiger charge is -2.32. The number of likely N-dealkylation sites (tertiary alicyclic amines) is 1. The molecule has 0 radical (unpaired) electrons. The van der Waals surface area contributed by atoms with Gasteiger partial charge in [-0.05, 0) is 66.7 Å². The third-order valence-corrected chi connectivity index (χ3v) is 8.68. The number of benzene rings is 2. The van der Waals surface area contributed by atoms with E-state index in [9.17, 15) is 9.59 Å². The highest BCUT2D eigenvalue weighted by molar-refractivity contribution is 6.71. The van der Waals surface area contributed by atoms with Gasteiger partial charge < -0.3 is 20.7 Å². The second-order valence-corrected chi connectivity index (χ2v) is 12.9. The molecule has 2 aromatic carbocycles. The molecular formula is C23H31N3O2Si. The zero-order valence-electron chi connectivity index (χ0n) is 17.3. The Hall–Kier alpha value is -2.15. The summed E-state index contributed by atoms with van der Waals surface area (Å²) in [5, 5.41) is 3.38. The number of nitrogens with one attached hydrogen (secondary N) is 1. The van der Waals surface area contributed by atoms with E-state index < -0.39 is 8.32 Å². The van der Waals surface area contributed by atoms with Crippen LogP contribution in [-0.4, -0.2) is 43.6 Å². The number of hydrogen-bond acceptors (Lipinski definition) is 4. The van der Waals surface area contributed by atoms with Gasteiger partial charge in [-0.3, -0.25) is 4.79 Å². The maximum Gasteiger partial charge on any atom is 0.253 e. The smallest absolute Gasteiger partial charge is 0.253 e. The van der Waals surface area contributed by atoms with Crippen LogP contribution in [-0.2, 0) is 6.54 Å². The minimum absolute atomic E-state index is 0.102. The molecule has 4 N–H and O–H groups in total. The van der Waals surface area contributed by atoms with E-state index in [0.29, 0.717) is 12.5 Å². The van der Waals surface area contributed by atoms with E-state index in [0.717, 1.165) is 54.9 Å². The number of fused-ring (bicyclic) bond motifs is 1. The summed E-state index contributed by atoms with van der Waals surface area (Å²) in [6.45, 7) is 6.80. The van der Waals surface area contributed by atoms with Crippen LogP contribution in [0.2, 0.25) is 13.1 Å². The first-order chi connectivity index (χ1) is 13.9. The van der Waals surface area contributed by atoms with Crippen molar-refractivity contribution in [2.75, 3.05) is 25.0 Å². The van der Waals surface area contributed by atoms with E-state index in [1.807, 2.05) is 36.2 Å². The van der Waals surface area contributed by atoms with Crippen LogP contribution in [0, 0.1) is 0 Å². The number of anilines is 1. The molecule has 0 bridgehead atoms. The van der Waals surface area contributed by atoms with Crippen molar-refractivity contribution >= 4 is 19.9 Å². The fourth-order valence-corrected chi connectivity index (χ4v) is 6.27. The second kappa shape index (κ2) is 7.93. The third-order valence-electron chi connectivity index (χ3n) is 6.46. The van der Waals surface area contributed by atoms with E-state index in [1.54, 1.807) is 0 Å². The first kappa shape index (κ1) is 20.1. The molecule has 1 amide bonds. The molecule has 5 nitrogen and oxygen atoms in total. The van der Waals surface area contributed by atoms with E-state index in [-0.39, 0.29) is 11.4 Å². The molecule has 2 aliphatic rings. The van der Waals surface area contributed by atoms with Crippen LogP contribution in [0.3, 0.4) is 0 Å². The summed E-state index contributed by atoms with van der Waals surface area (Å²) in [5.74, 6) is 0.588. The molecule has 0 saturated carbocycles. The quantitative estimate of drug-likeness (QED) is 0.676. The molecule has 0 aromatic heterocycles. The van der Waals surface area contributed by atoms with Gasteiger partial charge in [-0.2, -0.15) is 0 Å². The summed E-state index contributed by atoms with van der Waals surface area (Å²) >= 11 is 0. The van der Waals surface area contributed by atoms with Crippen molar-refractivity contribution in [2.24, 2.45) is 5.73 Å². The minimum Gasteiger partial charge on any atom is -0.432 e. The van der Waals surface area contributed by atoms with Gasteiger partial charge in [-0.1, -0.05) is 24.3 Å². The monoisotopic (exact) mass is 409 g/mol. The largest absolute Gasteiger partial charge is 0.432 e. The minimum atomic E-state index is -2.32. The molecule has 4 rings (SSSR count). The van der Waals surface area contributed by atoms with Crippen molar-refractivity contribution in [3.05, 3.63) is 64.7 Å². The van der Waals surface area contributed by atoms with Crippen molar-refractivity contribution in [1.29, 1.82) is 0 Å². The fourth-order valence-electron chi connectivity index (χ4n) is 4.67. The predicted molar refractivity (Wildman–Crippen MR) is 120 cm³/mol. The van der Waals surface area contributed by atoms with Gasteiger partial charge >= 0.3 is 0 Å². The first-order valence-electron chi connectivity index (χ1n) is 10.5. The molecule has 154 valence electrons. The lowest BCUT2D eigenvalue weighted by Crippen LogP contribution is -2.38. The molecule has 0 aliphatic carbocycles. The number of piperidine rings is 1. The van der Waals surface area contributed by atoms with Crippen molar-refractivity contribution in [3.63, 3.8) is 0 Å². The summed E-state index contributed by atoms with van der Waals surface area (Å²) in [7, 11) is -2.32. The molecule has 2 aliphatic heterocycles. The second-order valence-electron chi connectivity index (χ2n) is 8.90. The topological polar surface area (TPSA) is 78.6 Å². The number of carbonyl (C=O) groups is 1. The van der Waals surface area contributed by atoms with Crippen molar-refractivity contribution < 1.29 is 9.59 Å². The zero-order valence-corrected chi connectivity index (χ0v) is 18.3. The Bertz CT molecular complexity index is 901. The van der Waals surface area contributed by atoms with Gasteiger partial charge in [0.1, 0.15) is 0 Å². The van der Waals surface area contributed by atoms with E-state index >= 15 is 0 Å². The molecule has 1 atom stereocenters. The van der Waals surface area contributed by atoms with Crippen LogP contribution < -0.4 is 11.1 Å². The molecule has 29 heavy (non-hydrogen) atoms. The number of amides is 1. The van der Waals surface area contributed by atoms with Gasteiger partial charge in [-0.15, -0.1) is 0 Å². The predicted octanol–water partition coefficient (Wildman–Crippen LogP) is 3.41. The van der Waals surface area contributed by atoms with Crippen LogP contribution in [0.5, 0.6) is 0 Å². The van der Waals surface area contributed by atoms with Crippen LogP contribution >= 0.6 is 0 Å². The van der Waals surface area contributed by atoms with Gasteiger partial charge in [0.15, 0.2) is 8.32 Å². The Balaban J connectivity index is 1.45. The normalized spacial score (nSPS) is 19.7. The van der Waals surface area contributed by atoms with Crippen LogP contribution in [0.15, 0.2) is 42.5 Å². The Labute approximate surface area is 174 Å². The van der Waals surface area contributed by atoms with Crippen LogP contribution in [0.1, 0.15) is 51.3 Å². The maximum absolute atomic E-state index is 13.1. The molecule has 1 unspecified atom stereocenters. The number of hydrogen-bond donors (Lipinski definition) is 3. The molecule has 2 heterocycles. The van der Waals surface area contributed by atoms with Gasteiger partial charge in [0.25, 0.3) is 5.91 Å². The fraction of sp³-hybridized carbons (Fsp3) is 0.435. The van der Waals surface area contributed by atoms with Crippen molar-refractivity contribution in [1.82, 2.24) is 4.90 Å². The Morgan fingerprint density at radius 3 is 2.66 bits per heavy atom. The van der Waals surface area contributed by atoms with E-state index in [4.69, 9.17) is 5.73 Å². The molecule has 2 aromatic rings. The Morgan fingerprint density at radius 1 is 1.21 bits per heavy atom. The van der Waals surface area contributed by atoms with Crippen molar-refractivity contribution in [2.45, 2.75) is 43.9 Å². The number of rotatable bonds is 4. The average molecular weight is 410 g/mol. The number of carbonyl (C=O) groups excluding carboxylic acids is 1. The van der Waals surface area contributed by atoms with Gasteiger partial charge in [0.2, 0.25) is 0 Å². The number of nitrogens with zero attached hydrogens (tertiary/aromatic N) is 1. The van der Waals surface area contributed by atoms with E-state index in [2.05, 4.69) is 29.6 Å². The summed E-state index contributed by atoms with van der Waals surface area (Å²) < 4.78 is 0. The molecule has 1 fully saturated rings. The highest BCUT2D eigenvalue weighted by Crippen LogP contribution is 2.37. The lowest BCUT2D eigenvalue weighted by molar-refractivity contribution is 0.0713. The van der Waals surface area contributed by atoms with Crippen LogP contribution in [0.4, 0.5) is 5.69 Å². The van der Waals surface area contributed by atoms with Gasteiger partial charge in [0, 0.05) is 43.0 Å². The Morgan fingerprint density at radius 2 is 1.97 bits per heavy atom. The van der Waals surface area contributed by atoms with E-state index in [1.165, 1.54) is 5.56 Å². The Kier molecular flexibility index (Phi) is 5.51. The first-order valence-corrected chi connectivity index (χ1v) is 13.6. The standard InChI is InChI=1S/C23H31N3O2Si/c1-29(2,28)22-15-25-21-7-6-19(13-20(21)22)23(27)26-10-8-17(9-11-26)18-5-3-4-16(12-18)14-24/h3-7,12-13,17,22,25,28H,8-11,14-15,24H2,1-2H3.